The molecule has 0 aliphatic heterocycles. The summed E-state index contributed by atoms with van der Waals surface area (Å²) in [4.78, 5) is 24.0. The van der Waals surface area contributed by atoms with Gasteiger partial charge in [-0.1, -0.05) is 0 Å². The van der Waals surface area contributed by atoms with E-state index in [1.165, 1.54) is 28.8 Å². The summed E-state index contributed by atoms with van der Waals surface area (Å²) in [5, 5.41) is 10.5. The Labute approximate surface area is 90.3 Å². The van der Waals surface area contributed by atoms with Crippen molar-refractivity contribution < 1.29 is 4.92 Å². The second-order valence-corrected chi connectivity index (χ2v) is 3.39. The molecule has 1 N–H and O–H groups in total. The highest BCUT2D eigenvalue weighted by Crippen LogP contribution is 2.13. The minimum Gasteiger partial charge on any atom is -0.310 e. The van der Waals surface area contributed by atoms with Gasteiger partial charge in [-0.05, 0) is 19.1 Å². The number of hydrogen-bond acceptors (Lipinski definition) is 3. The molecule has 0 aliphatic rings. The Kier molecular flexibility index (Phi) is 2.32. The molecule has 0 saturated carbocycles. The molecule has 0 atom stereocenters. The number of benzene rings is 1. The molecule has 1 aromatic carbocycles. The molecule has 2 rings (SSSR count). The fourth-order valence-electron chi connectivity index (χ4n) is 1.44. The third-order valence-corrected chi connectivity index (χ3v) is 2.18. The quantitative estimate of drug-likeness (QED) is 0.612. The molecule has 0 amide bonds. The minimum absolute atomic E-state index is 0.00376. The van der Waals surface area contributed by atoms with Gasteiger partial charge in [-0.15, -0.1) is 0 Å². The van der Waals surface area contributed by atoms with Crippen LogP contribution in [0.5, 0.6) is 0 Å². The van der Waals surface area contributed by atoms with Crippen molar-refractivity contribution in [3.63, 3.8) is 0 Å². The van der Waals surface area contributed by atoms with Gasteiger partial charge in [0.2, 0.25) is 0 Å². The molecule has 0 aliphatic carbocycles. The molecule has 0 saturated heterocycles. The van der Waals surface area contributed by atoms with Crippen LogP contribution in [0.3, 0.4) is 0 Å². The summed E-state index contributed by atoms with van der Waals surface area (Å²) >= 11 is 0. The maximum Gasteiger partial charge on any atom is 0.330 e. The topological polar surface area (TPSA) is 80.9 Å². The number of aromatic amines is 1. The third-order valence-electron chi connectivity index (χ3n) is 2.18. The summed E-state index contributed by atoms with van der Waals surface area (Å²) < 4.78 is 1.40. The van der Waals surface area contributed by atoms with Crippen LogP contribution in [0.2, 0.25) is 0 Å². The van der Waals surface area contributed by atoms with Gasteiger partial charge in [0.05, 0.1) is 10.6 Å². The zero-order valence-corrected chi connectivity index (χ0v) is 8.51. The van der Waals surface area contributed by atoms with Crippen molar-refractivity contribution in [1.82, 2.24) is 9.55 Å². The van der Waals surface area contributed by atoms with Gasteiger partial charge in [0.15, 0.2) is 0 Å². The highest BCUT2D eigenvalue weighted by Gasteiger charge is 2.06. The monoisotopic (exact) mass is 219 g/mol. The first kappa shape index (κ1) is 10.2. The molecule has 2 aromatic rings. The molecule has 6 heteroatoms. The SMILES string of the molecule is Cc1cn(-c2ccc([N+](=O)[O-])cc2)c(=O)[nH]1. The second-order valence-electron chi connectivity index (χ2n) is 3.39. The Balaban J connectivity index is 2.46. The molecule has 0 fully saturated rings. The van der Waals surface area contributed by atoms with Gasteiger partial charge in [0, 0.05) is 24.0 Å². The lowest BCUT2D eigenvalue weighted by atomic mass is 10.3. The van der Waals surface area contributed by atoms with E-state index in [2.05, 4.69) is 4.98 Å². The Morgan fingerprint density at radius 1 is 1.31 bits per heavy atom. The average molecular weight is 219 g/mol. The number of aryl methyl sites for hydroxylation is 1. The molecule has 0 spiro atoms. The van der Waals surface area contributed by atoms with Gasteiger partial charge in [-0.2, -0.15) is 0 Å². The number of nitro benzene ring substituents is 1. The predicted octanol–water partition coefficient (Wildman–Crippen LogP) is 1.38. The Morgan fingerprint density at radius 3 is 2.38 bits per heavy atom. The van der Waals surface area contributed by atoms with E-state index in [4.69, 9.17) is 0 Å². The lowest BCUT2D eigenvalue weighted by Gasteiger charge is -1.99. The van der Waals surface area contributed by atoms with Gasteiger partial charge in [-0.25, -0.2) is 4.79 Å². The van der Waals surface area contributed by atoms with Crippen LogP contribution >= 0.6 is 0 Å². The van der Waals surface area contributed by atoms with Crippen molar-refractivity contribution >= 4 is 5.69 Å². The highest BCUT2D eigenvalue weighted by molar-refractivity contribution is 5.40. The van der Waals surface area contributed by atoms with Crippen molar-refractivity contribution in [2.75, 3.05) is 0 Å². The summed E-state index contributed by atoms with van der Waals surface area (Å²) in [7, 11) is 0. The second kappa shape index (κ2) is 3.65. The van der Waals surface area contributed by atoms with Crippen LogP contribution in [-0.2, 0) is 0 Å². The normalized spacial score (nSPS) is 10.3. The van der Waals surface area contributed by atoms with Gasteiger partial charge in [-0.3, -0.25) is 14.7 Å². The van der Waals surface area contributed by atoms with Crippen molar-refractivity contribution in [3.8, 4) is 5.69 Å². The highest BCUT2D eigenvalue weighted by atomic mass is 16.6. The molecule has 0 unspecified atom stereocenters. The van der Waals surface area contributed by atoms with E-state index in [1.54, 1.807) is 13.1 Å². The number of non-ortho nitro benzene ring substituents is 1. The molecule has 1 heterocycles. The number of aromatic nitrogens is 2. The van der Waals surface area contributed by atoms with E-state index >= 15 is 0 Å². The molecule has 1 aromatic heterocycles. The average Bonchev–Trinajstić information content (AvgIpc) is 2.58. The van der Waals surface area contributed by atoms with Crippen LogP contribution in [0.15, 0.2) is 35.3 Å². The number of rotatable bonds is 2. The molecule has 6 nitrogen and oxygen atoms in total. The summed E-state index contributed by atoms with van der Waals surface area (Å²) in [5.74, 6) is 0. The van der Waals surface area contributed by atoms with Gasteiger partial charge < -0.3 is 4.98 Å². The molecular formula is C10H9N3O3. The van der Waals surface area contributed by atoms with Crippen LogP contribution in [-0.4, -0.2) is 14.5 Å². The summed E-state index contributed by atoms with van der Waals surface area (Å²) in [6, 6.07) is 5.80. The maximum atomic E-state index is 11.4. The van der Waals surface area contributed by atoms with Crippen LogP contribution in [0, 0.1) is 17.0 Å². The Bertz CT molecular complexity index is 580. The fraction of sp³-hybridized carbons (Fsp3) is 0.100. The van der Waals surface area contributed by atoms with Crippen LogP contribution in [0.25, 0.3) is 5.69 Å². The van der Waals surface area contributed by atoms with E-state index in [1.807, 2.05) is 0 Å². The van der Waals surface area contributed by atoms with Crippen LogP contribution in [0.1, 0.15) is 5.69 Å². The van der Waals surface area contributed by atoms with Crippen molar-refractivity contribution in [2.24, 2.45) is 0 Å². The van der Waals surface area contributed by atoms with Crippen molar-refractivity contribution in [1.29, 1.82) is 0 Å². The molecule has 0 bridgehead atoms. The third kappa shape index (κ3) is 1.72. The number of nitrogens with zero attached hydrogens (tertiary/aromatic N) is 2. The molecule has 16 heavy (non-hydrogen) atoms. The minimum atomic E-state index is -0.477. The molecular weight excluding hydrogens is 210 g/mol. The van der Waals surface area contributed by atoms with E-state index in [0.717, 1.165) is 5.69 Å². The lowest BCUT2D eigenvalue weighted by Crippen LogP contribution is -2.13. The first-order valence-electron chi connectivity index (χ1n) is 4.61. The van der Waals surface area contributed by atoms with Gasteiger partial charge in [0.1, 0.15) is 0 Å². The van der Waals surface area contributed by atoms with E-state index in [9.17, 15) is 14.9 Å². The van der Waals surface area contributed by atoms with Crippen molar-refractivity contribution in [3.05, 3.63) is 56.8 Å². The van der Waals surface area contributed by atoms with Gasteiger partial charge in [0.25, 0.3) is 5.69 Å². The van der Waals surface area contributed by atoms with Crippen LogP contribution < -0.4 is 5.69 Å². The first-order valence-corrected chi connectivity index (χ1v) is 4.61. The molecule has 82 valence electrons. The summed E-state index contributed by atoms with van der Waals surface area (Å²) in [6.07, 6.45) is 1.64. The number of H-pyrrole nitrogens is 1. The van der Waals surface area contributed by atoms with Crippen LogP contribution in [0.4, 0.5) is 5.69 Å². The maximum absolute atomic E-state index is 11.4. The first-order chi connectivity index (χ1) is 7.58. The zero-order chi connectivity index (χ0) is 11.7. The largest absolute Gasteiger partial charge is 0.330 e. The smallest absolute Gasteiger partial charge is 0.310 e. The predicted molar refractivity (Wildman–Crippen MR) is 57.8 cm³/mol. The number of nitrogens with one attached hydrogen (secondary N) is 1. The Morgan fingerprint density at radius 2 is 1.94 bits per heavy atom. The molecule has 0 radical (unpaired) electrons. The van der Waals surface area contributed by atoms with E-state index < -0.39 is 4.92 Å². The van der Waals surface area contributed by atoms with Crippen molar-refractivity contribution in [2.45, 2.75) is 6.92 Å². The number of hydrogen-bond donors (Lipinski definition) is 1. The Hall–Kier alpha value is -2.37. The number of imidazole rings is 1. The van der Waals surface area contributed by atoms with E-state index in [-0.39, 0.29) is 11.4 Å². The lowest BCUT2D eigenvalue weighted by molar-refractivity contribution is -0.384. The zero-order valence-electron chi connectivity index (χ0n) is 8.51. The standard InChI is InChI=1S/C10H9N3O3/c1-7-6-12(10(14)11-7)8-2-4-9(5-3-8)13(15)16/h2-6H,1H3,(H,11,14). The van der Waals surface area contributed by atoms with E-state index in [0.29, 0.717) is 5.69 Å². The summed E-state index contributed by atoms with van der Waals surface area (Å²) in [6.45, 7) is 1.77. The number of nitro groups is 1. The van der Waals surface area contributed by atoms with Gasteiger partial charge >= 0.3 is 5.69 Å². The fourth-order valence-corrected chi connectivity index (χ4v) is 1.44. The summed E-state index contributed by atoms with van der Waals surface area (Å²) in [5.41, 5.74) is 1.08.